The lowest BCUT2D eigenvalue weighted by Crippen LogP contribution is -2.55. The van der Waals surface area contributed by atoms with E-state index in [0.29, 0.717) is 11.4 Å². The van der Waals surface area contributed by atoms with Gasteiger partial charge in [0.25, 0.3) is 0 Å². The Kier molecular flexibility index (Phi) is 20.5. The number of hydrogen-bond acceptors (Lipinski definition) is 5. The summed E-state index contributed by atoms with van der Waals surface area (Å²) < 4.78 is 0. The van der Waals surface area contributed by atoms with Crippen molar-refractivity contribution in [1.29, 1.82) is 0 Å². The molecule has 1 N–H and O–H groups in total. The topological polar surface area (TPSA) is 55.9 Å². The van der Waals surface area contributed by atoms with E-state index in [1.54, 1.807) is 0 Å². The van der Waals surface area contributed by atoms with Crippen molar-refractivity contribution in [2.75, 3.05) is 52.9 Å². The third-order valence-electron chi connectivity index (χ3n) is 9.27. The molecule has 1 fully saturated rings. The largest absolute Gasteiger partial charge is 0.339 e. The highest BCUT2D eigenvalue weighted by Gasteiger charge is 2.30. The molecule has 0 saturated carbocycles. The summed E-state index contributed by atoms with van der Waals surface area (Å²) in [6.07, 6.45) is 4.95. The van der Waals surface area contributed by atoms with Crippen molar-refractivity contribution in [3.63, 3.8) is 0 Å². The van der Waals surface area contributed by atoms with Gasteiger partial charge in [-0.2, -0.15) is 0 Å². The van der Waals surface area contributed by atoms with Gasteiger partial charge in [0.05, 0.1) is 6.04 Å². The molecule has 6 nitrogen and oxygen atoms in total. The van der Waals surface area contributed by atoms with Gasteiger partial charge in [-0.15, -0.1) is 0 Å². The van der Waals surface area contributed by atoms with Crippen molar-refractivity contribution in [3.8, 4) is 0 Å². The first-order chi connectivity index (χ1) is 23.6. The lowest BCUT2D eigenvalue weighted by atomic mass is 10.0. The van der Waals surface area contributed by atoms with Crippen LogP contribution in [-0.2, 0) is 22.4 Å². The van der Waals surface area contributed by atoms with Crippen molar-refractivity contribution in [3.05, 3.63) is 105 Å². The molecule has 0 aliphatic carbocycles. The van der Waals surface area contributed by atoms with E-state index in [1.807, 2.05) is 55.3 Å². The lowest BCUT2D eigenvalue weighted by molar-refractivity contribution is -0.135. The van der Waals surface area contributed by atoms with Crippen LogP contribution in [-0.4, -0.2) is 85.8 Å². The number of halogens is 2. The number of aldehydes is 1. The number of amides is 1. The zero-order chi connectivity index (χ0) is 36.2. The highest BCUT2D eigenvalue weighted by atomic mass is 35.5. The predicted octanol–water partition coefficient (Wildman–Crippen LogP) is 8.53. The fourth-order valence-corrected chi connectivity index (χ4v) is 6.27. The number of nitrogens with one attached hydrogen (secondary N) is 1. The first kappa shape index (κ1) is 42.4. The monoisotopic (exact) mass is 710 g/mol. The van der Waals surface area contributed by atoms with Crippen LogP contribution in [0.25, 0.3) is 0 Å². The number of nitrogens with zero attached hydrogens (tertiary/aromatic N) is 3. The van der Waals surface area contributed by atoms with E-state index < -0.39 is 0 Å². The molecule has 0 radical (unpaired) electrons. The van der Waals surface area contributed by atoms with E-state index in [-0.39, 0.29) is 23.9 Å². The van der Waals surface area contributed by atoms with Crippen LogP contribution in [0.1, 0.15) is 75.8 Å². The molecule has 0 aromatic heterocycles. The Balaban J connectivity index is 0.000000426. The Morgan fingerprint density at radius 3 is 1.90 bits per heavy atom. The first-order valence-electron chi connectivity index (χ1n) is 18.0. The molecule has 3 aromatic rings. The molecule has 4 rings (SSSR count). The molecule has 270 valence electrons. The second-order valence-corrected chi connectivity index (χ2v) is 13.6. The maximum atomic E-state index is 13.3. The van der Waals surface area contributed by atoms with E-state index in [2.05, 4.69) is 86.1 Å². The fraction of sp³-hybridized carbons (Fsp3) is 0.512. The average molecular weight is 712 g/mol. The number of carbonyl (C=O) groups is 2. The molecule has 3 aromatic carbocycles. The van der Waals surface area contributed by atoms with Crippen LogP contribution in [0, 0.1) is 12.8 Å². The van der Waals surface area contributed by atoms with E-state index in [4.69, 9.17) is 23.2 Å². The number of aryl methyl sites for hydroxylation is 2. The average Bonchev–Trinajstić information content (AvgIpc) is 3.13. The first-order valence-corrected chi connectivity index (χ1v) is 18.8. The molecule has 8 heteroatoms. The molecular formula is C41H60Cl2N4O2. The summed E-state index contributed by atoms with van der Waals surface area (Å²) in [7, 11) is 1.86. The summed E-state index contributed by atoms with van der Waals surface area (Å²) in [5, 5.41) is 4.68. The highest BCUT2D eigenvalue weighted by molar-refractivity contribution is 6.30. The Morgan fingerprint density at radius 2 is 1.45 bits per heavy atom. The molecule has 49 heavy (non-hydrogen) atoms. The van der Waals surface area contributed by atoms with Gasteiger partial charge in [-0.1, -0.05) is 113 Å². The molecule has 0 spiro atoms. The van der Waals surface area contributed by atoms with Crippen LogP contribution in [0.2, 0.25) is 10.0 Å². The minimum absolute atomic E-state index is 0.166. The van der Waals surface area contributed by atoms with E-state index in [0.717, 1.165) is 81.9 Å². The van der Waals surface area contributed by atoms with Crippen molar-refractivity contribution < 1.29 is 9.59 Å². The van der Waals surface area contributed by atoms with Crippen LogP contribution in [0.4, 0.5) is 0 Å². The quantitative estimate of drug-likeness (QED) is 0.170. The standard InChI is InChI=1S/C26H36Cl2N4O.C9H12.C6H12O/c1-4-30(5-2)19-25(21-8-12-23(28)13-9-21)31-14-16-32(17-15-31)26(33)24(29-3)18-20-6-10-22(27)11-7-20;1-3-9-7-5-4-6-8(9)2;1-3-4-6(2)5-7/h6-13,24-25,29H,4-5,14-19H2,1-3H3;4-7H,3H2,1-2H3;5-6H,3-4H2,1-2H3/t;;6-/m..0/s1. The van der Waals surface area contributed by atoms with E-state index in [1.165, 1.54) is 16.7 Å². The van der Waals surface area contributed by atoms with Gasteiger partial charge >= 0.3 is 0 Å². The summed E-state index contributed by atoms with van der Waals surface area (Å²) in [5.74, 6) is 0.434. The molecule has 1 aliphatic heterocycles. The van der Waals surface area contributed by atoms with Gasteiger partial charge in [-0.3, -0.25) is 9.69 Å². The molecule has 2 unspecified atom stereocenters. The Labute approximate surface area is 307 Å². The summed E-state index contributed by atoms with van der Waals surface area (Å²) in [6.45, 7) is 19.0. The van der Waals surface area contributed by atoms with Crippen molar-refractivity contribution in [2.45, 2.75) is 79.3 Å². The van der Waals surface area contributed by atoms with E-state index >= 15 is 0 Å². The van der Waals surface area contributed by atoms with Gasteiger partial charge in [-0.05, 0) is 92.8 Å². The van der Waals surface area contributed by atoms with Gasteiger partial charge in [0.1, 0.15) is 6.29 Å². The fourth-order valence-electron chi connectivity index (χ4n) is 6.02. The minimum Gasteiger partial charge on any atom is -0.339 e. The van der Waals surface area contributed by atoms with Crippen molar-refractivity contribution in [1.82, 2.24) is 20.0 Å². The summed E-state index contributed by atoms with van der Waals surface area (Å²) in [4.78, 5) is 30.1. The second kappa shape index (κ2) is 23.6. The Morgan fingerprint density at radius 1 is 0.878 bits per heavy atom. The van der Waals surface area contributed by atoms with Crippen LogP contribution in [0.3, 0.4) is 0 Å². The number of likely N-dealkylation sites (N-methyl/N-ethyl adjacent to an activating group) is 2. The lowest BCUT2D eigenvalue weighted by Gasteiger charge is -2.41. The van der Waals surface area contributed by atoms with Crippen LogP contribution in [0.15, 0.2) is 72.8 Å². The van der Waals surface area contributed by atoms with Crippen LogP contribution < -0.4 is 5.32 Å². The molecule has 1 amide bonds. The summed E-state index contributed by atoms with van der Waals surface area (Å²) >= 11 is 12.1. The van der Waals surface area contributed by atoms with Gasteiger partial charge in [0.2, 0.25) is 5.91 Å². The molecule has 1 aliphatic rings. The number of piperazine rings is 1. The zero-order valence-corrected chi connectivity index (χ0v) is 32.4. The smallest absolute Gasteiger partial charge is 0.240 e. The second-order valence-electron chi connectivity index (χ2n) is 12.8. The molecular weight excluding hydrogens is 651 g/mol. The molecule has 1 saturated heterocycles. The van der Waals surface area contributed by atoms with Gasteiger partial charge in [0, 0.05) is 54.7 Å². The number of hydrogen-bond donors (Lipinski definition) is 1. The molecule has 0 bridgehead atoms. The number of benzene rings is 3. The third-order valence-corrected chi connectivity index (χ3v) is 9.77. The normalized spacial score (nSPS) is 14.9. The maximum Gasteiger partial charge on any atom is 0.240 e. The van der Waals surface area contributed by atoms with Crippen molar-refractivity contribution >= 4 is 35.4 Å². The van der Waals surface area contributed by atoms with Crippen LogP contribution >= 0.6 is 23.2 Å². The molecule has 3 atom stereocenters. The number of carbonyl (C=O) groups excluding carboxylic acids is 2. The SMILES string of the molecule is CCC[C@H](C)C=O.CCN(CC)CC(c1ccc(Cl)cc1)N1CCN(C(=O)C(Cc2ccc(Cl)cc2)NC)CC1.CCc1ccccc1C. The predicted molar refractivity (Wildman–Crippen MR) is 209 cm³/mol. The van der Waals surface area contributed by atoms with Crippen molar-refractivity contribution in [2.24, 2.45) is 5.92 Å². The van der Waals surface area contributed by atoms with Gasteiger partial charge < -0.3 is 19.9 Å². The number of rotatable bonds is 14. The Hall–Kier alpha value is -2.74. The molecule has 1 heterocycles. The third kappa shape index (κ3) is 15.0. The van der Waals surface area contributed by atoms with Gasteiger partial charge in [0.15, 0.2) is 0 Å². The van der Waals surface area contributed by atoms with Crippen LogP contribution in [0.5, 0.6) is 0 Å². The summed E-state index contributed by atoms with van der Waals surface area (Å²) in [6, 6.07) is 24.5. The van der Waals surface area contributed by atoms with Gasteiger partial charge in [-0.25, -0.2) is 0 Å². The highest BCUT2D eigenvalue weighted by Crippen LogP contribution is 2.25. The maximum absolute atomic E-state index is 13.3. The zero-order valence-electron chi connectivity index (χ0n) is 30.9. The minimum atomic E-state index is -0.236. The van der Waals surface area contributed by atoms with E-state index in [9.17, 15) is 9.59 Å². The summed E-state index contributed by atoms with van der Waals surface area (Å²) in [5.41, 5.74) is 5.24. The Bertz CT molecular complexity index is 1340.